The molecule has 3 N–H and O–H groups in total. The highest BCUT2D eigenvalue weighted by atomic mass is 16.6. The summed E-state index contributed by atoms with van der Waals surface area (Å²) in [6, 6.07) is 0. The van der Waals surface area contributed by atoms with Crippen molar-refractivity contribution in [2.45, 2.75) is 31.2 Å². The van der Waals surface area contributed by atoms with Crippen molar-refractivity contribution >= 4 is 29.5 Å². The smallest absolute Gasteiger partial charge is 0.379 e. The van der Waals surface area contributed by atoms with E-state index in [0.29, 0.717) is 0 Å². The van der Waals surface area contributed by atoms with Crippen molar-refractivity contribution in [1.29, 1.82) is 0 Å². The second kappa shape index (κ2) is 6.90. The number of Topliss-reactive ketones (excluding diaryl/α,β-unsaturated/α-hetero) is 2. The summed E-state index contributed by atoms with van der Waals surface area (Å²) >= 11 is 0. The topological polar surface area (TPSA) is 164 Å². The zero-order valence-corrected chi connectivity index (χ0v) is 10.6. The minimum absolute atomic E-state index is 0.606. The maximum atomic E-state index is 11.4. The van der Waals surface area contributed by atoms with Gasteiger partial charge in [-0.15, -0.1) is 0 Å². The molecule has 1 aliphatic heterocycles. The van der Waals surface area contributed by atoms with E-state index in [2.05, 4.69) is 9.47 Å². The first kappa shape index (κ1) is 16.7. The van der Waals surface area contributed by atoms with Gasteiger partial charge in [0.15, 0.2) is 6.10 Å². The number of hydrogen-bond acceptors (Lipinski definition) is 9. The van der Waals surface area contributed by atoms with E-state index in [-0.39, 0.29) is 0 Å². The zero-order valence-electron chi connectivity index (χ0n) is 10.6. The average molecular weight is 304 g/mol. The van der Waals surface area contributed by atoms with Crippen LogP contribution >= 0.6 is 0 Å². The molecule has 0 bridgehead atoms. The molecule has 10 heteroatoms. The second-order valence-electron chi connectivity index (χ2n) is 4.13. The van der Waals surface area contributed by atoms with Gasteiger partial charge in [0.2, 0.25) is 11.9 Å². The van der Waals surface area contributed by atoms with E-state index >= 15 is 0 Å². The molecule has 0 saturated carbocycles. The molecule has 0 radical (unpaired) electrons. The molecule has 1 heterocycles. The second-order valence-corrected chi connectivity index (χ2v) is 4.13. The Morgan fingerprint density at radius 2 is 1.86 bits per heavy atom. The molecule has 0 spiro atoms. The van der Waals surface area contributed by atoms with Crippen LogP contribution in [0, 0.1) is 0 Å². The number of carboxylic acid groups (broad SMARTS) is 1. The molecular weight excluding hydrogens is 292 g/mol. The van der Waals surface area contributed by atoms with E-state index in [1.807, 2.05) is 0 Å². The number of hydrogen-bond donors (Lipinski definition) is 3. The van der Waals surface area contributed by atoms with E-state index in [4.69, 9.17) is 10.2 Å². The van der Waals surface area contributed by atoms with Gasteiger partial charge >= 0.3 is 17.9 Å². The van der Waals surface area contributed by atoms with Crippen LogP contribution in [0.15, 0.2) is 0 Å². The Morgan fingerprint density at radius 1 is 1.24 bits per heavy atom. The molecular formula is C11H12O10. The maximum Gasteiger partial charge on any atom is 0.379 e. The Bertz CT molecular complexity index is 481. The number of rotatable bonds is 7. The number of carbonyl (C=O) groups excluding carboxylic acids is 4. The molecule has 0 aromatic rings. The minimum Gasteiger partial charge on any atom is -0.481 e. The van der Waals surface area contributed by atoms with E-state index in [1.165, 1.54) is 0 Å². The summed E-state index contributed by atoms with van der Waals surface area (Å²) in [5.41, 5.74) is 0. The van der Waals surface area contributed by atoms with Crippen LogP contribution in [0.4, 0.5) is 0 Å². The standard InChI is InChI=1S/C11H12O10/c12-3-5(14)8-9(7(17)11(19)20-8)21-10(18)4(13)1-2-6(15)16/h5,8-9,12,14H,1-3H2,(H,15,16)/t5-,8+,9?/m0/s1. The minimum atomic E-state index is -1.86. The Labute approximate surface area is 117 Å². The zero-order chi connectivity index (χ0) is 16.2. The highest BCUT2D eigenvalue weighted by Gasteiger charge is 2.50. The molecule has 3 atom stereocenters. The van der Waals surface area contributed by atoms with Gasteiger partial charge in [-0.2, -0.15) is 0 Å². The molecule has 1 unspecified atom stereocenters. The highest BCUT2D eigenvalue weighted by Crippen LogP contribution is 2.19. The maximum absolute atomic E-state index is 11.4. The van der Waals surface area contributed by atoms with Gasteiger partial charge in [0.05, 0.1) is 13.0 Å². The summed E-state index contributed by atoms with van der Waals surface area (Å²) in [7, 11) is 0. The Balaban J connectivity index is 2.71. The molecule has 1 aliphatic rings. The average Bonchev–Trinajstić information content (AvgIpc) is 2.71. The van der Waals surface area contributed by atoms with Crippen LogP contribution in [0.2, 0.25) is 0 Å². The lowest BCUT2D eigenvalue weighted by atomic mass is 10.1. The molecule has 21 heavy (non-hydrogen) atoms. The van der Waals surface area contributed by atoms with Gasteiger partial charge in [-0.05, 0) is 0 Å². The molecule has 1 saturated heterocycles. The lowest BCUT2D eigenvalue weighted by Gasteiger charge is -2.19. The van der Waals surface area contributed by atoms with E-state index in [1.54, 1.807) is 0 Å². The summed E-state index contributed by atoms with van der Waals surface area (Å²) < 4.78 is 8.91. The summed E-state index contributed by atoms with van der Waals surface area (Å²) in [5.74, 6) is -6.69. The van der Waals surface area contributed by atoms with Crippen molar-refractivity contribution in [3.05, 3.63) is 0 Å². The quantitative estimate of drug-likeness (QED) is 0.330. The lowest BCUT2D eigenvalue weighted by Crippen LogP contribution is -2.43. The number of carboxylic acids is 1. The van der Waals surface area contributed by atoms with Crippen LogP contribution < -0.4 is 0 Å². The third-order valence-corrected chi connectivity index (χ3v) is 2.60. The van der Waals surface area contributed by atoms with E-state index in [0.717, 1.165) is 0 Å². The third kappa shape index (κ3) is 4.07. The van der Waals surface area contributed by atoms with Gasteiger partial charge in [0, 0.05) is 6.42 Å². The molecule has 116 valence electrons. The fraction of sp³-hybridized carbons (Fsp3) is 0.545. The number of carbonyl (C=O) groups is 5. The number of aliphatic hydroxyl groups is 2. The number of cyclic esters (lactones) is 1. The number of esters is 2. The van der Waals surface area contributed by atoms with Crippen LogP contribution in [-0.2, 0) is 33.4 Å². The van der Waals surface area contributed by atoms with Crippen molar-refractivity contribution in [2.75, 3.05) is 6.61 Å². The summed E-state index contributed by atoms with van der Waals surface area (Å²) in [4.78, 5) is 55.4. The lowest BCUT2D eigenvalue weighted by molar-refractivity contribution is -0.165. The molecule has 0 aromatic heterocycles. The highest BCUT2D eigenvalue weighted by molar-refractivity contribution is 6.39. The summed E-state index contributed by atoms with van der Waals surface area (Å²) in [6.07, 6.45) is -6.40. The first-order valence-electron chi connectivity index (χ1n) is 5.77. The number of aliphatic hydroxyl groups excluding tert-OH is 2. The first-order chi connectivity index (χ1) is 9.77. The summed E-state index contributed by atoms with van der Waals surface area (Å²) in [6.45, 7) is -0.869. The van der Waals surface area contributed by atoms with Gasteiger partial charge in [0.1, 0.15) is 6.10 Å². The number of ether oxygens (including phenoxy) is 2. The van der Waals surface area contributed by atoms with Gasteiger partial charge in [-0.25, -0.2) is 9.59 Å². The Hall–Kier alpha value is -2.33. The third-order valence-electron chi connectivity index (χ3n) is 2.60. The van der Waals surface area contributed by atoms with Crippen LogP contribution in [0.5, 0.6) is 0 Å². The van der Waals surface area contributed by atoms with Crippen molar-refractivity contribution in [3.63, 3.8) is 0 Å². The van der Waals surface area contributed by atoms with E-state index in [9.17, 15) is 29.1 Å². The van der Waals surface area contributed by atoms with Crippen LogP contribution in [0.3, 0.4) is 0 Å². The van der Waals surface area contributed by atoms with Gasteiger partial charge in [0.25, 0.3) is 5.78 Å². The van der Waals surface area contributed by atoms with Crippen LogP contribution in [0.1, 0.15) is 12.8 Å². The first-order valence-corrected chi connectivity index (χ1v) is 5.77. The van der Waals surface area contributed by atoms with Crippen LogP contribution in [0.25, 0.3) is 0 Å². The van der Waals surface area contributed by atoms with Gasteiger partial charge in [-0.1, -0.05) is 0 Å². The normalized spacial score (nSPS) is 22.6. The molecule has 1 rings (SSSR count). The van der Waals surface area contributed by atoms with Gasteiger partial charge in [-0.3, -0.25) is 14.4 Å². The molecule has 0 aromatic carbocycles. The van der Waals surface area contributed by atoms with Crippen molar-refractivity contribution < 1.29 is 48.8 Å². The van der Waals surface area contributed by atoms with Crippen molar-refractivity contribution in [2.24, 2.45) is 0 Å². The predicted molar refractivity (Wildman–Crippen MR) is 59.7 cm³/mol. The summed E-state index contributed by atoms with van der Waals surface area (Å²) in [5, 5.41) is 26.5. The van der Waals surface area contributed by atoms with Crippen molar-refractivity contribution in [3.8, 4) is 0 Å². The van der Waals surface area contributed by atoms with Crippen molar-refractivity contribution in [1.82, 2.24) is 0 Å². The largest absolute Gasteiger partial charge is 0.481 e. The fourth-order valence-electron chi connectivity index (χ4n) is 1.52. The molecule has 0 amide bonds. The SMILES string of the molecule is O=C(O)CCC(=O)C(=O)OC1C(=O)C(=O)O[C@@H]1[C@@H](O)CO. The Kier molecular flexibility index (Phi) is 5.50. The predicted octanol–water partition coefficient (Wildman–Crippen LogP) is -2.82. The monoisotopic (exact) mass is 304 g/mol. The number of ketones is 2. The Morgan fingerprint density at radius 3 is 2.38 bits per heavy atom. The molecule has 10 nitrogen and oxygen atoms in total. The number of aliphatic carboxylic acids is 1. The van der Waals surface area contributed by atoms with E-state index < -0.39 is 67.2 Å². The van der Waals surface area contributed by atoms with Crippen LogP contribution in [-0.4, -0.2) is 69.7 Å². The van der Waals surface area contributed by atoms with Gasteiger partial charge < -0.3 is 24.8 Å². The fourth-order valence-corrected chi connectivity index (χ4v) is 1.52. The molecule has 0 aliphatic carbocycles. The molecule has 1 fully saturated rings.